The zero-order valence-corrected chi connectivity index (χ0v) is 8.69. The highest BCUT2D eigenvalue weighted by atomic mass is 32.1. The van der Waals surface area contributed by atoms with Crippen LogP contribution in [-0.2, 0) is 11.2 Å². The highest BCUT2D eigenvalue weighted by molar-refractivity contribution is 7.10. The second kappa shape index (κ2) is 4.22. The molecule has 1 aliphatic heterocycles. The summed E-state index contributed by atoms with van der Waals surface area (Å²) in [5.74, 6) is 0. The summed E-state index contributed by atoms with van der Waals surface area (Å²) in [6.45, 7) is 4.96. The average Bonchev–Trinajstić information content (AvgIpc) is 2.62. The molecule has 0 bridgehead atoms. The van der Waals surface area contributed by atoms with Gasteiger partial charge in [0, 0.05) is 17.8 Å². The average molecular weight is 197 g/mol. The van der Waals surface area contributed by atoms with E-state index in [1.54, 1.807) is 0 Å². The highest BCUT2D eigenvalue weighted by Crippen LogP contribution is 2.30. The van der Waals surface area contributed by atoms with E-state index in [9.17, 15) is 0 Å². The van der Waals surface area contributed by atoms with Crippen molar-refractivity contribution in [2.75, 3.05) is 19.7 Å². The van der Waals surface area contributed by atoms with Crippen LogP contribution in [0, 0.1) is 0 Å². The molecule has 0 unspecified atom stereocenters. The van der Waals surface area contributed by atoms with Crippen LogP contribution in [0.4, 0.5) is 0 Å². The van der Waals surface area contributed by atoms with Gasteiger partial charge >= 0.3 is 0 Å². The summed E-state index contributed by atoms with van der Waals surface area (Å²) >= 11 is 1.85. The molecule has 13 heavy (non-hydrogen) atoms. The first-order valence-electron chi connectivity index (χ1n) is 4.80. The first kappa shape index (κ1) is 9.19. The van der Waals surface area contributed by atoms with E-state index in [2.05, 4.69) is 23.7 Å². The Morgan fingerprint density at radius 3 is 3.46 bits per heavy atom. The Morgan fingerprint density at radius 1 is 1.69 bits per heavy atom. The molecule has 0 saturated carbocycles. The number of hydrogen-bond donors (Lipinski definition) is 1. The number of nitrogens with one attached hydrogen (secondary N) is 1. The van der Waals surface area contributed by atoms with Crippen molar-refractivity contribution in [3.8, 4) is 0 Å². The third-order valence-corrected chi connectivity index (χ3v) is 3.35. The number of hydrogen-bond acceptors (Lipinski definition) is 3. The molecule has 1 aromatic heterocycles. The summed E-state index contributed by atoms with van der Waals surface area (Å²) in [7, 11) is 0. The molecule has 0 aliphatic carbocycles. The Bertz CT molecular complexity index is 272. The van der Waals surface area contributed by atoms with Gasteiger partial charge in [-0.3, -0.25) is 0 Å². The van der Waals surface area contributed by atoms with Gasteiger partial charge in [-0.15, -0.1) is 11.3 Å². The summed E-state index contributed by atoms with van der Waals surface area (Å²) in [6, 6.07) is 2.20. The Morgan fingerprint density at radius 2 is 2.62 bits per heavy atom. The molecular formula is C10H15NOS. The lowest BCUT2D eigenvalue weighted by Crippen LogP contribution is -2.26. The van der Waals surface area contributed by atoms with Gasteiger partial charge in [-0.05, 0) is 23.6 Å². The Kier molecular flexibility index (Phi) is 2.98. The third-order valence-electron chi connectivity index (χ3n) is 2.35. The van der Waals surface area contributed by atoms with Crippen LogP contribution in [0.15, 0.2) is 11.4 Å². The van der Waals surface area contributed by atoms with Gasteiger partial charge in [0.15, 0.2) is 0 Å². The predicted molar refractivity (Wildman–Crippen MR) is 55.3 cm³/mol. The van der Waals surface area contributed by atoms with E-state index >= 15 is 0 Å². The number of rotatable bonds is 3. The van der Waals surface area contributed by atoms with Crippen molar-refractivity contribution >= 4 is 11.3 Å². The lowest BCUT2D eigenvalue weighted by atomic mass is 10.1. The maximum Gasteiger partial charge on any atom is 0.0960 e. The molecule has 0 fully saturated rings. The number of ether oxygens (including phenoxy) is 1. The molecule has 2 heterocycles. The topological polar surface area (TPSA) is 21.3 Å². The second-order valence-electron chi connectivity index (χ2n) is 3.22. The number of fused-ring (bicyclic) bond motifs is 1. The van der Waals surface area contributed by atoms with Crippen molar-refractivity contribution in [2.45, 2.75) is 19.4 Å². The Hall–Kier alpha value is -0.380. The zero-order chi connectivity index (χ0) is 9.10. The molecule has 72 valence electrons. The lowest BCUT2D eigenvalue weighted by Gasteiger charge is -2.23. The molecule has 1 atom stereocenters. The standard InChI is InChI=1S/C10H15NOS/c1-2-11-7-9-8-4-6-13-10(8)3-5-12-9/h4,6,9,11H,2-3,5,7H2,1H3/t9-/m1/s1. The van der Waals surface area contributed by atoms with Crippen LogP contribution in [0.5, 0.6) is 0 Å². The molecule has 0 radical (unpaired) electrons. The lowest BCUT2D eigenvalue weighted by molar-refractivity contribution is 0.0442. The van der Waals surface area contributed by atoms with Gasteiger partial charge in [0.2, 0.25) is 0 Å². The van der Waals surface area contributed by atoms with Gasteiger partial charge in [-0.25, -0.2) is 0 Å². The quantitative estimate of drug-likeness (QED) is 0.800. The second-order valence-corrected chi connectivity index (χ2v) is 4.22. The number of thiophene rings is 1. The number of likely N-dealkylation sites (N-methyl/N-ethyl adjacent to an activating group) is 1. The normalized spacial score (nSPS) is 21.5. The summed E-state index contributed by atoms with van der Waals surface area (Å²) in [4.78, 5) is 1.51. The van der Waals surface area contributed by atoms with Crippen molar-refractivity contribution in [2.24, 2.45) is 0 Å². The van der Waals surface area contributed by atoms with E-state index in [4.69, 9.17) is 4.74 Å². The largest absolute Gasteiger partial charge is 0.372 e. The minimum Gasteiger partial charge on any atom is -0.372 e. The van der Waals surface area contributed by atoms with Crippen LogP contribution < -0.4 is 5.32 Å². The van der Waals surface area contributed by atoms with E-state index < -0.39 is 0 Å². The van der Waals surface area contributed by atoms with Crippen LogP contribution >= 0.6 is 11.3 Å². The SMILES string of the molecule is CCNC[C@H]1OCCc2sccc21. The first-order chi connectivity index (χ1) is 6.42. The summed E-state index contributed by atoms with van der Waals surface area (Å²) in [6.07, 6.45) is 1.38. The fraction of sp³-hybridized carbons (Fsp3) is 0.600. The van der Waals surface area contributed by atoms with E-state index in [-0.39, 0.29) is 6.10 Å². The van der Waals surface area contributed by atoms with Gasteiger partial charge in [0.05, 0.1) is 12.7 Å². The van der Waals surface area contributed by atoms with Crippen molar-refractivity contribution < 1.29 is 4.74 Å². The van der Waals surface area contributed by atoms with Gasteiger partial charge in [-0.1, -0.05) is 6.92 Å². The molecular weight excluding hydrogens is 182 g/mol. The molecule has 2 rings (SSSR count). The molecule has 0 spiro atoms. The molecule has 3 heteroatoms. The summed E-state index contributed by atoms with van der Waals surface area (Å²) < 4.78 is 5.71. The van der Waals surface area contributed by atoms with Crippen LogP contribution in [0.2, 0.25) is 0 Å². The van der Waals surface area contributed by atoms with E-state index in [1.165, 1.54) is 10.4 Å². The van der Waals surface area contributed by atoms with Crippen molar-refractivity contribution in [3.05, 3.63) is 21.9 Å². The van der Waals surface area contributed by atoms with Crippen LogP contribution in [0.1, 0.15) is 23.5 Å². The summed E-state index contributed by atoms with van der Waals surface area (Å²) in [5.41, 5.74) is 1.40. The molecule has 0 saturated heterocycles. The zero-order valence-electron chi connectivity index (χ0n) is 7.88. The van der Waals surface area contributed by atoms with Crippen molar-refractivity contribution in [1.82, 2.24) is 5.32 Å². The van der Waals surface area contributed by atoms with Gasteiger partial charge in [0.25, 0.3) is 0 Å². The predicted octanol–water partition coefficient (Wildman–Crippen LogP) is 1.97. The maximum absolute atomic E-state index is 5.71. The fourth-order valence-electron chi connectivity index (χ4n) is 1.67. The third kappa shape index (κ3) is 1.93. The van der Waals surface area contributed by atoms with Crippen LogP contribution in [0.25, 0.3) is 0 Å². The van der Waals surface area contributed by atoms with Crippen LogP contribution in [-0.4, -0.2) is 19.7 Å². The van der Waals surface area contributed by atoms with E-state index in [1.807, 2.05) is 11.3 Å². The minimum absolute atomic E-state index is 0.287. The van der Waals surface area contributed by atoms with E-state index in [0.29, 0.717) is 0 Å². The molecule has 1 aromatic rings. The van der Waals surface area contributed by atoms with Crippen molar-refractivity contribution in [3.63, 3.8) is 0 Å². The smallest absolute Gasteiger partial charge is 0.0960 e. The highest BCUT2D eigenvalue weighted by Gasteiger charge is 2.20. The molecule has 0 amide bonds. The monoisotopic (exact) mass is 197 g/mol. The molecule has 1 N–H and O–H groups in total. The van der Waals surface area contributed by atoms with E-state index in [0.717, 1.165) is 26.1 Å². The first-order valence-corrected chi connectivity index (χ1v) is 5.68. The maximum atomic E-state index is 5.71. The minimum atomic E-state index is 0.287. The van der Waals surface area contributed by atoms with Crippen LogP contribution in [0.3, 0.4) is 0 Å². The van der Waals surface area contributed by atoms with Gasteiger partial charge in [-0.2, -0.15) is 0 Å². The van der Waals surface area contributed by atoms with Gasteiger partial charge < -0.3 is 10.1 Å². The Labute approximate surface area is 82.9 Å². The van der Waals surface area contributed by atoms with Gasteiger partial charge in [0.1, 0.15) is 0 Å². The molecule has 1 aliphatic rings. The van der Waals surface area contributed by atoms with Crippen molar-refractivity contribution in [1.29, 1.82) is 0 Å². The molecule has 2 nitrogen and oxygen atoms in total. The molecule has 0 aromatic carbocycles. The fourth-order valence-corrected chi connectivity index (χ4v) is 2.58. The summed E-state index contributed by atoms with van der Waals surface area (Å²) in [5, 5.41) is 5.49. The Balaban J connectivity index is 2.07.